The first kappa shape index (κ1) is 15.5. The molecule has 1 unspecified atom stereocenters. The normalized spacial score (nSPS) is 15.6. The van der Waals surface area contributed by atoms with Crippen molar-refractivity contribution in [3.63, 3.8) is 0 Å². The van der Waals surface area contributed by atoms with Crippen molar-refractivity contribution >= 4 is 16.7 Å². The van der Waals surface area contributed by atoms with Crippen LogP contribution < -0.4 is 11.1 Å². The van der Waals surface area contributed by atoms with Crippen LogP contribution in [-0.2, 0) is 11.3 Å². The molecule has 3 rings (SSSR count). The van der Waals surface area contributed by atoms with Crippen molar-refractivity contribution in [2.75, 3.05) is 7.05 Å². The molecular weight excluding hydrogens is 294 g/mol. The molecule has 122 valence electrons. The van der Waals surface area contributed by atoms with Crippen LogP contribution in [0.25, 0.3) is 10.8 Å². The zero-order chi connectivity index (χ0) is 16.6. The van der Waals surface area contributed by atoms with Crippen LogP contribution in [0.4, 0.5) is 0 Å². The van der Waals surface area contributed by atoms with Crippen molar-refractivity contribution < 1.29 is 4.79 Å². The van der Waals surface area contributed by atoms with Crippen LogP contribution >= 0.6 is 0 Å². The number of rotatable bonds is 5. The topological polar surface area (TPSA) is 75.2 Å². The number of aromatic nitrogens is 2. The molecule has 6 heteroatoms. The lowest BCUT2D eigenvalue weighted by atomic mass is 10.2. The molecule has 1 aromatic heterocycles. The van der Waals surface area contributed by atoms with Crippen LogP contribution in [0.15, 0.2) is 33.9 Å². The number of fused-ring (bicyclic) bond motifs is 1. The van der Waals surface area contributed by atoms with E-state index in [-0.39, 0.29) is 36.0 Å². The third-order valence-electron chi connectivity index (χ3n) is 4.74. The molecule has 0 bridgehead atoms. The van der Waals surface area contributed by atoms with E-state index in [1.165, 1.54) is 17.5 Å². The SMILES string of the molecule is CC(C1CC1)N(C)C(=O)CCn1[nH]c(=O)c2ccccc2c1=O. The average molecular weight is 315 g/mol. The fourth-order valence-electron chi connectivity index (χ4n) is 2.91. The van der Waals surface area contributed by atoms with Crippen LogP contribution in [0, 0.1) is 5.92 Å². The van der Waals surface area contributed by atoms with Crippen LogP contribution in [0.3, 0.4) is 0 Å². The summed E-state index contributed by atoms with van der Waals surface area (Å²) in [6.45, 7) is 2.24. The highest BCUT2D eigenvalue weighted by Gasteiger charge is 2.32. The molecule has 6 nitrogen and oxygen atoms in total. The summed E-state index contributed by atoms with van der Waals surface area (Å²) in [5, 5.41) is 3.31. The lowest BCUT2D eigenvalue weighted by Crippen LogP contribution is -2.38. The van der Waals surface area contributed by atoms with Gasteiger partial charge in [0.15, 0.2) is 0 Å². The Balaban J connectivity index is 1.77. The minimum atomic E-state index is -0.313. The van der Waals surface area contributed by atoms with E-state index >= 15 is 0 Å². The number of amides is 1. The molecule has 0 aliphatic heterocycles. The van der Waals surface area contributed by atoms with Crippen molar-refractivity contribution in [3.05, 3.63) is 45.0 Å². The number of nitrogens with zero attached hydrogens (tertiary/aromatic N) is 2. The van der Waals surface area contributed by atoms with E-state index in [9.17, 15) is 14.4 Å². The van der Waals surface area contributed by atoms with Gasteiger partial charge in [-0.2, -0.15) is 0 Å². The Kier molecular flexibility index (Phi) is 4.07. The second-order valence-electron chi connectivity index (χ2n) is 6.28. The Bertz CT molecular complexity index is 848. The summed E-state index contributed by atoms with van der Waals surface area (Å²) in [6, 6.07) is 6.93. The molecule has 0 radical (unpaired) electrons. The monoisotopic (exact) mass is 315 g/mol. The predicted molar refractivity (Wildman–Crippen MR) is 88.4 cm³/mol. The number of hydrogen-bond donors (Lipinski definition) is 1. The number of nitrogens with one attached hydrogen (secondary N) is 1. The molecule has 1 amide bonds. The maximum atomic E-state index is 12.4. The van der Waals surface area contributed by atoms with E-state index in [4.69, 9.17) is 0 Å². The molecular formula is C17H21N3O3. The second-order valence-corrected chi connectivity index (χ2v) is 6.28. The summed E-state index contributed by atoms with van der Waals surface area (Å²) in [6.07, 6.45) is 2.55. The highest BCUT2D eigenvalue weighted by Crippen LogP contribution is 2.34. The van der Waals surface area contributed by atoms with E-state index in [1.807, 2.05) is 0 Å². The van der Waals surface area contributed by atoms with E-state index in [2.05, 4.69) is 12.0 Å². The first-order valence-electron chi connectivity index (χ1n) is 7.96. The van der Waals surface area contributed by atoms with Crippen LogP contribution in [0.5, 0.6) is 0 Å². The van der Waals surface area contributed by atoms with Gasteiger partial charge in [-0.25, -0.2) is 4.68 Å². The van der Waals surface area contributed by atoms with Gasteiger partial charge in [0.05, 0.1) is 17.3 Å². The number of H-pyrrole nitrogens is 1. The number of hydrogen-bond acceptors (Lipinski definition) is 3. The number of aromatic amines is 1. The van der Waals surface area contributed by atoms with Gasteiger partial charge in [-0.15, -0.1) is 0 Å². The van der Waals surface area contributed by atoms with Crippen molar-refractivity contribution in [1.82, 2.24) is 14.7 Å². The van der Waals surface area contributed by atoms with E-state index in [1.54, 1.807) is 36.2 Å². The van der Waals surface area contributed by atoms with Crippen molar-refractivity contribution in [2.24, 2.45) is 5.92 Å². The van der Waals surface area contributed by atoms with Crippen molar-refractivity contribution in [3.8, 4) is 0 Å². The molecule has 1 N–H and O–H groups in total. The van der Waals surface area contributed by atoms with Gasteiger partial charge in [0.1, 0.15) is 0 Å². The standard InChI is InChI=1S/C17H21N3O3/c1-11(12-7-8-12)19(2)15(21)9-10-20-17(23)14-6-4-3-5-13(14)16(22)18-20/h3-6,11-12H,7-10H2,1-2H3,(H,18,22). The Morgan fingerprint density at radius 3 is 2.61 bits per heavy atom. The number of benzene rings is 1. The summed E-state index contributed by atoms with van der Waals surface area (Å²) >= 11 is 0. The number of aryl methyl sites for hydroxylation is 1. The smallest absolute Gasteiger partial charge is 0.273 e. The molecule has 1 fully saturated rings. The van der Waals surface area contributed by atoms with Gasteiger partial charge in [0, 0.05) is 19.5 Å². The van der Waals surface area contributed by atoms with E-state index in [0.29, 0.717) is 16.7 Å². The zero-order valence-electron chi connectivity index (χ0n) is 13.4. The van der Waals surface area contributed by atoms with Crippen LogP contribution in [0.1, 0.15) is 26.2 Å². The minimum absolute atomic E-state index is 0.00897. The summed E-state index contributed by atoms with van der Waals surface area (Å²) in [5.74, 6) is 0.595. The number of carbonyl (C=O) groups is 1. The summed E-state index contributed by atoms with van der Waals surface area (Å²) < 4.78 is 1.23. The molecule has 1 aliphatic carbocycles. The van der Waals surface area contributed by atoms with E-state index in [0.717, 1.165) is 0 Å². The summed E-state index contributed by atoms with van der Waals surface area (Å²) in [7, 11) is 1.80. The molecule has 1 aromatic carbocycles. The first-order valence-corrected chi connectivity index (χ1v) is 7.96. The van der Waals surface area contributed by atoms with Gasteiger partial charge in [0.25, 0.3) is 11.1 Å². The van der Waals surface area contributed by atoms with Crippen molar-refractivity contribution in [1.29, 1.82) is 0 Å². The molecule has 0 saturated heterocycles. The predicted octanol–water partition coefficient (Wildman–Crippen LogP) is 1.34. The van der Waals surface area contributed by atoms with Gasteiger partial charge in [0.2, 0.25) is 5.91 Å². The zero-order valence-corrected chi connectivity index (χ0v) is 13.4. The molecule has 2 aromatic rings. The summed E-state index contributed by atoms with van der Waals surface area (Å²) in [4.78, 5) is 38.4. The molecule has 0 spiro atoms. The third-order valence-corrected chi connectivity index (χ3v) is 4.74. The van der Waals surface area contributed by atoms with Gasteiger partial charge in [-0.3, -0.25) is 19.5 Å². The Labute approximate surface area is 133 Å². The lowest BCUT2D eigenvalue weighted by molar-refractivity contribution is -0.132. The number of carbonyl (C=O) groups excluding carboxylic acids is 1. The summed E-state index contributed by atoms with van der Waals surface area (Å²) in [5.41, 5.74) is -0.585. The first-order chi connectivity index (χ1) is 11.0. The van der Waals surface area contributed by atoms with Crippen LogP contribution in [-0.4, -0.2) is 33.7 Å². The van der Waals surface area contributed by atoms with Gasteiger partial charge in [-0.05, 0) is 37.8 Å². The minimum Gasteiger partial charge on any atom is -0.343 e. The fourth-order valence-corrected chi connectivity index (χ4v) is 2.91. The van der Waals surface area contributed by atoms with E-state index < -0.39 is 0 Å². The Hall–Kier alpha value is -2.37. The lowest BCUT2D eigenvalue weighted by Gasteiger charge is -2.25. The van der Waals surface area contributed by atoms with Gasteiger partial charge in [-0.1, -0.05) is 12.1 Å². The highest BCUT2D eigenvalue weighted by atomic mass is 16.2. The van der Waals surface area contributed by atoms with Crippen molar-refractivity contribution in [2.45, 2.75) is 38.8 Å². The quantitative estimate of drug-likeness (QED) is 0.904. The Morgan fingerprint density at radius 2 is 1.96 bits per heavy atom. The Morgan fingerprint density at radius 1 is 1.30 bits per heavy atom. The maximum absolute atomic E-state index is 12.4. The third kappa shape index (κ3) is 3.06. The maximum Gasteiger partial charge on any atom is 0.273 e. The largest absolute Gasteiger partial charge is 0.343 e. The highest BCUT2D eigenvalue weighted by molar-refractivity contribution is 5.80. The average Bonchev–Trinajstić information content (AvgIpc) is 3.40. The molecule has 1 atom stereocenters. The molecule has 23 heavy (non-hydrogen) atoms. The van der Waals surface area contributed by atoms with Gasteiger partial charge >= 0.3 is 0 Å². The second kappa shape index (κ2) is 6.02. The van der Waals surface area contributed by atoms with Crippen LogP contribution in [0.2, 0.25) is 0 Å². The fraction of sp³-hybridized carbons (Fsp3) is 0.471. The van der Waals surface area contributed by atoms with Gasteiger partial charge < -0.3 is 4.90 Å². The molecule has 1 aliphatic rings. The molecule has 1 saturated carbocycles. The molecule has 1 heterocycles.